The highest BCUT2D eigenvalue weighted by Gasteiger charge is 2.18. The summed E-state index contributed by atoms with van der Waals surface area (Å²) in [7, 11) is 1.69. The number of allylic oxidation sites excluding steroid dienone is 2. The van der Waals surface area contributed by atoms with Gasteiger partial charge in [0.1, 0.15) is 6.29 Å². The molecular weight excluding hydrogens is 202 g/mol. The predicted molar refractivity (Wildman–Crippen MR) is 62.6 cm³/mol. The third-order valence-corrected chi connectivity index (χ3v) is 2.52. The molecule has 0 aromatic carbocycles. The molecule has 3 nitrogen and oxygen atoms in total. The minimum atomic E-state index is -0.131. The minimum absolute atomic E-state index is 0.131. The molecule has 0 aromatic rings. The molecule has 16 heavy (non-hydrogen) atoms. The van der Waals surface area contributed by atoms with E-state index < -0.39 is 0 Å². The normalized spacial score (nSPS) is 14.5. The Kier molecular flexibility index (Phi) is 4.53. The number of hydrogen-bond donors (Lipinski definition) is 0. The van der Waals surface area contributed by atoms with Gasteiger partial charge in [-0.2, -0.15) is 0 Å². The third kappa shape index (κ3) is 2.83. The van der Waals surface area contributed by atoms with Gasteiger partial charge in [0.2, 0.25) is 0 Å². The van der Waals surface area contributed by atoms with E-state index in [1.54, 1.807) is 18.0 Å². The van der Waals surface area contributed by atoms with Crippen LogP contribution in [0.4, 0.5) is 0 Å². The van der Waals surface area contributed by atoms with Crippen LogP contribution in [0.2, 0.25) is 0 Å². The molecule has 0 spiro atoms. The van der Waals surface area contributed by atoms with Crippen LogP contribution in [-0.4, -0.2) is 30.7 Å². The molecule has 1 amide bonds. The van der Waals surface area contributed by atoms with E-state index in [-0.39, 0.29) is 5.91 Å². The molecular formula is C13H15NO2. The Bertz CT molecular complexity index is 385. The third-order valence-electron chi connectivity index (χ3n) is 2.52. The van der Waals surface area contributed by atoms with Crippen LogP contribution in [0.1, 0.15) is 19.3 Å². The van der Waals surface area contributed by atoms with E-state index in [1.165, 1.54) is 0 Å². The lowest BCUT2D eigenvalue weighted by atomic mass is 9.97. The van der Waals surface area contributed by atoms with E-state index in [2.05, 4.69) is 5.92 Å². The van der Waals surface area contributed by atoms with Crippen LogP contribution in [0.15, 0.2) is 23.3 Å². The molecule has 0 bridgehead atoms. The lowest BCUT2D eigenvalue weighted by Crippen LogP contribution is -2.29. The summed E-state index contributed by atoms with van der Waals surface area (Å²) in [5.74, 6) is 2.35. The zero-order chi connectivity index (χ0) is 12.0. The van der Waals surface area contributed by atoms with Gasteiger partial charge in [-0.15, -0.1) is 12.3 Å². The summed E-state index contributed by atoms with van der Waals surface area (Å²) < 4.78 is 0. The number of terminal acetylenes is 1. The van der Waals surface area contributed by atoms with Crippen LogP contribution in [0.3, 0.4) is 0 Å². The second-order valence-corrected chi connectivity index (χ2v) is 3.68. The Morgan fingerprint density at radius 2 is 2.44 bits per heavy atom. The monoisotopic (exact) mass is 217 g/mol. The summed E-state index contributed by atoms with van der Waals surface area (Å²) in [6.07, 6.45) is 11.5. The van der Waals surface area contributed by atoms with Gasteiger partial charge in [-0.25, -0.2) is 0 Å². The van der Waals surface area contributed by atoms with Crippen molar-refractivity contribution in [2.75, 3.05) is 13.6 Å². The summed E-state index contributed by atoms with van der Waals surface area (Å²) in [4.78, 5) is 24.3. The van der Waals surface area contributed by atoms with Gasteiger partial charge in [-0.05, 0) is 12.8 Å². The molecule has 0 fully saturated rings. The van der Waals surface area contributed by atoms with Crippen LogP contribution in [0.5, 0.6) is 0 Å². The van der Waals surface area contributed by atoms with Crippen LogP contribution in [0, 0.1) is 12.3 Å². The van der Waals surface area contributed by atoms with Gasteiger partial charge in [0.15, 0.2) is 0 Å². The predicted octanol–water partition coefficient (Wildman–Crippen LogP) is 1.31. The number of carbonyl (C=O) groups excluding carboxylic acids is 2. The van der Waals surface area contributed by atoms with E-state index in [0.29, 0.717) is 30.5 Å². The van der Waals surface area contributed by atoms with Gasteiger partial charge in [-0.3, -0.25) is 9.59 Å². The second-order valence-electron chi connectivity index (χ2n) is 3.68. The largest absolute Gasteiger partial charge is 0.341 e. The second kappa shape index (κ2) is 5.92. The average molecular weight is 217 g/mol. The number of rotatable bonds is 4. The van der Waals surface area contributed by atoms with E-state index >= 15 is 0 Å². The first-order valence-electron chi connectivity index (χ1n) is 5.24. The summed E-state index contributed by atoms with van der Waals surface area (Å²) in [6, 6.07) is 0. The highest BCUT2D eigenvalue weighted by atomic mass is 16.2. The van der Waals surface area contributed by atoms with Crippen LogP contribution < -0.4 is 0 Å². The Morgan fingerprint density at radius 1 is 1.69 bits per heavy atom. The van der Waals surface area contributed by atoms with Crippen molar-refractivity contribution >= 4 is 12.2 Å². The van der Waals surface area contributed by atoms with Gasteiger partial charge in [0.05, 0.1) is 0 Å². The van der Waals surface area contributed by atoms with E-state index in [0.717, 1.165) is 12.7 Å². The van der Waals surface area contributed by atoms with Crippen molar-refractivity contribution in [3.05, 3.63) is 23.3 Å². The summed E-state index contributed by atoms with van der Waals surface area (Å²) >= 11 is 0. The van der Waals surface area contributed by atoms with Crippen LogP contribution in [0.25, 0.3) is 0 Å². The number of carbonyl (C=O) groups is 2. The number of amides is 1. The van der Waals surface area contributed by atoms with Crippen molar-refractivity contribution in [3.8, 4) is 12.3 Å². The quantitative estimate of drug-likeness (QED) is 0.526. The summed E-state index contributed by atoms with van der Waals surface area (Å²) in [6.45, 7) is 0.513. The molecule has 1 aliphatic carbocycles. The fourth-order valence-electron chi connectivity index (χ4n) is 1.55. The molecule has 84 valence electrons. The maximum absolute atomic E-state index is 12.0. The Hall–Kier alpha value is -1.82. The zero-order valence-corrected chi connectivity index (χ0v) is 9.40. The molecule has 0 N–H and O–H groups in total. The van der Waals surface area contributed by atoms with Gasteiger partial charge in [0, 0.05) is 31.2 Å². The van der Waals surface area contributed by atoms with Crippen molar-refractivity contribution in [1.82, 2.24) is 4.90 Å². The molecule has 0 aliphatic heterocycles. The molecule has 3 heteroatoms. The Morgan fingerprint density at radius 3 is 3.06 bits per heavy atom. The van der Waals surface area contributed by atoms with Gasteiger partial charge >= 0.3 is 0 Å². The van der Waals surface area contributed by atoms with Crippen LogP contribution >= 0.6 is 0 Å². The van der Waals surface area contributed by atoms with Crippen molar-refractivity contribution < 1.29 is 9.59 Å². The minimum Gasteiger partial charge on any atom is -0.341 e. The summed E-state index contributed by atoms with van der Waals surface area (Å²) in [5.41, 5.74) is 1.08. The SMILES string of the molecule is C#CCCN(C)C(=O)C1=C(C=O)CCC=C1. The number of likely N-dealkylation sites (N-methyl/N-ethyl adjacent to an activating group) is 1. The number of aldehydes is 1. The van der Waals surface area contributed by atoms with Crippen molar-refractivity contribution in [2.24, 2.45) is 0 Å². The van der Waals surface area contributed by atoms with Crippen molar-refractivity contribution in [3.63, 3.8) is 0 Å². The van der Waals surface area contributed by atoms with Crippen LogP contribution in [-0.2, 0) is 9.59 Å². The number of hydrogen-bond acceptors (Lipinski definition) is 2. The van der Waals surface area contributed by atoms with E-state index in [1.807, 2.05) is 6.08 Å². The topological polar surface area (TPSA) is 37.4 Å². The zero-order valence-electron chi connectivity index (χ0n) is 9.40. The molecule has 0 saturated heterocycles. The first-order chi connectivity index (χ1) is 7.70. The maximum atomic E-state index is 12.0. The van der Waals surface area contributed by atoms with Crippen molar-refractivity contribution in [2.45, 2.75) is 19.3 Å². The van der Waals surface area contributed by atoms with E-state index in [9.17, 15) is 9.59 Å². The first-order valence-corrected chi connectivity index (χ1v) is 5.24. The molecule has 0 radical (unpaired) electrons. The lowest BCUT2D eigenvalue weighted by Gasteiger charge is -2.19. The average Bonchev–Trinajstić information content (AvgIpc) is 2.34. The molecule has 1 rings (SSSR count). The van der Waals surface area contributed by atoms with Gasteiger partial charge < -0.3 is 4.90 Å². The van der Waals surface area contributed by atoms with Gasteiger partial charge in [0.25, 0.3) is 5.91 Å². The van der Waals surface area contributed by atoms with Gasteiger partial charge in [-0.1, -0.05) is 12.2 Å². The first kappa shape index (κ1) is 12.3. The Labute approximate surface area is 95.8 Å². The molecule has 0 heterocycles. The highest BCUT2D eigenvalue weighted by molar-refractivity contribution is 6.01. The molecule has 0 atom stereocenters. The fraction of sp³-hybridized carbons (Fsp3) is 0.385. The fourth-order valence-corrected chi connectivity index (χ4v) is 1.55. The van der Waals surface area contributed by atoms with E-state index in [4.69, 9.17) is 6.42 Å². The van der Waals surface area contributed by atoms with Crippen molar-refractivity contribution in [1.29, 1.82) is 0 Å². The standard InChI is InChI=1S/C13H15NO2/c1-3-4-9-14(2)13(16)12-8-6-5-7-11(12)10-15/h1,6,8,10H,4-5,7,9H2,2H3. The smallest absolute Gasteiger partial charge is 0.254 e. The lowest BCUT2D eigenvalue weighted by molar-refractivity contribution is -0.125. The molecule has 0 saturated carbocycles. The molecule has 1 aliphatic rings. The highest BCUT2D eigenvalue weighted by Crippen LogP contribution is 2.18. The maximum Gasteiger partial charge on any atom is 0.254 e. The molecule has 0 aromatic heterocycles. The number of nitrogens with zero attached hydrogens (tertiary/aromatic N) is 1. The summed E-state index contributed by atoms with van der Waals surface area (Å²) in [5, 5.41) is 0. The Balaban J connectivity index is 2.79. The molecule has 0 unspecified atom stereocenters.